The van der Waals surface area contributed by atoms with Gasteiger partial charge >= 0.3 is 0 Å². The van der Waals surface area contributed by atoms with Crippen molar-refractivity contribution in [2.24, 2.45) is 5.92 Å². The zero-order chi connectivity index (χ0) is 20.1. The van der Waals surface area contributed by atoms with Gasteiger partial charge in [0.05, 0.1) is 32.6 Å². The summed E-state index contributed by atoms with van der Waals surface area (Å²) >= 11 is 1.80. The summed E-state index contributed by atoms with van der Waals surface area (Å²) in [6.07, 6.45) is 6.07. The molecule has 1 saturated carbocycles. The van der Waals surface area contributed by atoms with E-state index in [0.717, 1.165) is 24.9 Å². The summed E-state index contributed by atoms with van der Waals surface area (Å²) in [6.45, 7) is 3.54. The first-order valence-corrected chi connectivity index (χ1v) is 11.6. The average molecular weight is 405 g/mol. The number of carbonyl (C=O) groups excluding carboxylic acids is 2. The van der Waals surface area contributed by atoms with Crippen molar-refractivity contribution >= 4 is 23.6 Å². The van der Waals surface area contributed by atoms with Crippen molar-refractivity contribution in [1.82, 2.24) is 10.2 Å². The van der Waals surface area contributed by atoms with E-state index in [4.69, 9.17) is 0 Å². The van der Waals surface area contributed by atoms with Crippen LogP contribution in [0.25, 0.3) is 0 Å². The Kier molecular flexibility index (Phi) is 7.41. The molecular weight excluding hydrogens is 370 g/mol. The number of rotatable bonds is 6. The molecule has 1 saturated heterocycles. The Morgan fingerprint density at radius 2 is 1.82 bits per heavy atom. The van der Waals surface area contributed by atoms with Crippen molar-refractivity contribution in [3.8, 4) is 0 Å². The second-order valence-corrected chi connectivity index (χ2v) is 9.61. The first-order valence-electron chi connectivity index (χ1n) is 10.5. The zero-order valence-corrected chi connectivity index (χ0v) is 18.2. The summed E-state index contributed by atoms with van der Waals surface area (Å²) in [5.41, 5.74) is 1.82. The van der Waals surface area contributed by atoms with Crippen molar-refractivity contribution in [2.75, 3.05) is 32.9 Å². The fourth-order valence-corrected chi connectivity index (χ4v) is 5.81. The quantitative estimate of drug-likeness (QED) is 0.759. The number of nitrogens with zero attached hydrogens (tertiary/aromatic N) is 1. The monoisotopic (exact) mass is 404 g/mol. The van der Waals surface area contributed by atoms with Gasteiger partial charge in [0.1, 0.15) is 6.04 Å². The Bertz CT molecular complexity index is 671. The van der Waals surface area contributed by atoms with Crippen LogP contribution in [-0.4, -0.2) is 61.1 Å². The van der Waals surface area contributed by atoms with Crippen LogP contribution in [0.2, 0.25) is 0 Å². The lowest BCUT2D eigenvalue weighted by Gasteiger charge is -2.35. The molecule has 1 aliphatic carbocycles. The van der Waals surface area contributed by atoms with E-state index in [1.165, 1.54) is 24.2 Å². The molecule has 3 rings (SSSR count). The SMILES string of the molecule is Cc1ccc(C(=O)N2[C@@H](C(=O)NCC[NH+](C)C)CS[C@H]2C2CCCCC2)cc1. The topological polar surface area (TPSA) is 53.9 Å². The molecule has 1 aliphatic heterocycles. The molecule has 1 aromatic rings. The van der Waals surface area contributed by atoms with E-state index in [9.17, 15) is 9.59 Å². The lowest BCUT2D eigenvalue weighted by atomic mass is 9.88. The molecule has 2 N–H and O–H groups in total. The molecule has 6 heteroatoms. The second-order valence-electron chi connectivity index (χ2n) is 8.46. The number of carbonyl (C=O) groups is 2. The van der Waals surface area contributed by atoms with Crippen LogP contribution in [0, 0.1) is 12.8 Å². The summed E-state index contributed by atoms with van der Waals surface area (Å²) in [4.78, 5) is 29.6. The van der Waals surface area contributed by atoms with E-state index < -0.39 is 0 Å². The van der Waals surface area contributed by atoms with Gasteiger partial charge in [0.15, 0.2) is 0 Å². The highest BCUT2D eigenvalue weighted by molar-refractivity contribution is 8.00. The van der Waals surface area contributed by atoms with E-state index in [-0.39, 0.29) is 23.2 Å². The highest BCUT2D eigenvalue weighted by Gasteiger charge is 2.45. The Morgan fingerprint density at radius 3 is 2.46 bits per heavy atom. The van der Waals surface area contributed by atoms with Gasteiger partial charge in [-0.2, -0.15) is 0 Å². The fraction of sp³-hybridized carbons (Fsp3) is 0.636. The highest BCUT2D eigenvalue weighted by atomic mass is 32.2. The van der Waals surface area contributed by atoms with E-state index in [1.807, 2.05) is 36.1 Å². The first kappa shape index (κ1) is 21.2. The maximum atomic E-state index is 13.4. The molecule has 2 aliphatic rings. The molecule has 0 spiro atoms. The molecule has 2 atom stereocenters. The van der Waals surface area contributed by atoms with Crippen LogP contribution in [0.1, 0.15) is 48.0 Å². The van der Waals surface area contributed by atoms with Gasteiger partial charge in [-0.1, -0.05) is 37.0 Å². The average Bonchev–Trinajstić information content (AvgIpc) is 3.13. The van der Waals surface area contributed by atoms with Crippen LogP contribution in [0.15, 0.2) is 24.3 Å². The summed E-state index contributed by atoms with van der Waals surface area (Å²) in [5.74, 6) is 1.18. The van der Waals surface area contributed by atoms with Gasteiger partial charge in [-0.3, -0.25) is 9.59 Å². The van der Waals surface area contributed by atoms with E-state index in [2.05, 4.69) is 19.4 Å². The van der Waals surface area contributed by atoms with Gasteiger partial charge in [-0.05, 0) is 37.8 Å². The van der Waals surface area contributed by atoms with Gasteiger partial charge in [0.2, 0.25) is 5.91 Å². The molecular formula is C22H34N3O2S+. The van der Waals surface area contributed by atoms with Crippen molar-refractivity contribution in [2.45, 2.75) is 50.4 Å². The summed E-state index contributed by atoms with van der Waals surface area (Å²) < 4.78 is 0. The minimum atomic E-state index is -0.372. The van der Waals surface area contributed by atoms with Crippen LogP contribution < -0.4 is 10.2 Å². The molecule has 1 heterocycles. The summed E-state index contributed by atoms with van der Waals surface area (Å²) in [5, 5.41) is 3.17. The van der Waals surface area contributed by atoms with Crippen LogP contribution in [0.5, 0.6) is 0 Å². The summed E-state index contributed by atoms with van der Waals surface area (Å²) in [7, 11) is 4.15. The largest absolute Gasteiger partial charge is 0.349 e. The maximum Gasteiger partial charge on any atom is 0.255 e. The van der Waals surface area contributed by atoms with E-state index >= 15 is 0 Å². The molecule has 2 fully saturated rings. The van der Waals surface area contributed by atoms with Gasteiger partial charge in [-0.25, -0.2) is 0 Å². The van der Waals surface area contributed by atoms with Crippen LogP contribution >= 0.6 is 11.8 Å². The van der Waals surface area contributed by atoms with E-state index in [1.54, 1.807) is 11.8 Å². The van der Waals surface area contributed by atoms with Crippen LogP contribution in [0.3, 0.4) is 0 Å². The molecule has 1 aromatic carbocycles. The van der Waals surface area contributed by atoms with E-state index in [0.29, 0.717) is 23.8 Å². The first-order chi connectivity index (χ1) is 13.5. The molecule has 0 bridgehead atoms. The number of amides is 2. The number of benzene rings is 1. The number of thioether (sulfide) groups is 1. The van der Waals surface area contributed by atoms with Crippen molar-refractivity contribution in [1.29, 1.82) is 0 Å². The standard InChI is InChI=1S/C22H33N3O2S/c1-16-9-11-17(12-10-16)21(27)25-19(20(26)23-13-14-24(2)3)15-28-22(25)18-7-5-4-6-8-18/h9-12,18-19,22H,4-8,13-15H2,1-3H3,(H,23,26)/p+1/t19-,22+/m1/s1. The lowest BCUT2D eigenvalue weighted by Crippen LogP contribution is -3.06. The number of likely N-dealkylation sites (N-methyl/N-ethyl adjacent to an activating group) is 1. The Balaban J connectivity index is 1.78. The van der Waals surface area contributed by atoms with Gasteiger partial charge in [-0.15, -0.1) is 11.8 Å². The molecule has 5 nitrogen and oxygen atoms in total. The van der Waals surface area contributed by atoms with Crippen LogP contribution in [-0.2, 0) is 4.79 Å². The van der Waals surface area contributed by atoms with Gasteiger partial charge in [0.25, 0.3) is 5.91 Å². The molecule has 0 unspecified atom stereocenters. The Morgan fingerprint density at radius 1 is 1.14 bits per heavy atom. The number of hydrogen-bond donors (Lipinski definition) is 2. The third kappa shape index (κ3) is 5.09. The lowest BCUT2D eigenvalue weighted by molar-refractivity contribution is -0.856. The number of hydrogen-bond acceptors (Lipinski definition) is 3. The normalized spacial score (nSPS) is 23.2. The summed E-state index contributed by atoms with van der Waals surface area (Å²) in [6, 6.07) is 7.36. The maximum absolute atomic E-state index is 13.4. The number of quaternary nitrogens is 1. The minimum Gasteiger partial charge on any atom is -0.349 e. The zero-order valence-electron chi connectivity index (χ0n) is 17.4. The molecule has 154 valence electrons. The fourth-order valence-electron chi connectivity index (χ4n) is 4.17. The molecule has 0 aromatic heterocycles. The van der Waals surface area contributed by atoms with Gasteiger partial charge < -0.3 is 15.1 Å². The van der Waals surface area contributed by atoms with Crippen LogP contribution in [0.4, 0.5) is 0 Å². The van der Waals surface area contributed by atoms with Gasteiger partial charge in [0, 0.05) is 11.3 Å². The third-order valence-corrected chi connectivity index (χ3v) is 7.31. The third-order valence-electron chi connectivity index (χ3n) is 5.85. The minimum absolute atomic E-state index is 0.000965. The number of aryl methyl sites for hydroxylation is 1. The number of nitrogens with one attached hydrogen (secondary N) is 2. The Hall–Kier alpha value is -1.53. The molecule has 28 heavy (non-hydrogen) atoms. The Labute approximate surface area is 173 Å². The highest BCUT2D eigenvalue weighted by Crippen LogP contribution is 2.41. The molecule has 0 radical (unpaired) electrons. The predicted octanol–water partition coefficient (Wildman–Crippen LogP) is 1.72. The van der Waals surface area contributed by atoms with Crippen molar-refractivity contribution in [3.63, 3.8) is 0 Å². The smallest absolute Gasteiger partial charge is 0.255 e. The predicted molar refractivity (Wildman–Crippen MR) is 115 cm³/mol. The molecule has 2 amide bonds. The second kappa shape index (κ2) is 9.79. The van der Waals surface area contributed by atoms with Crippen molar-refractivity contribution in [3.05, 3.63) is 35.4 Å². The van der Waals surface area contributed by atoms with Crippen molar-refractivity contribution < 1.29 is 14.5 Å².